The first-order chi connectivity index (χ1) is 4.75. The molecule has 53 valence electrons. The lowest BCUT2D eigenvalue weighted by molar-refractivity contribution is 0.492. The maximum atomic E-state index is 12.6. The largest absolute Gasteiger partial charge is 0.204 e. The Morgan fingerprint density at radius 2 is 2.00 bits per heavy atom. The molecular formula is C7H5F2S. The summed E-state index contributed by atoms with van der Waals surface area (Å²) in [5.41, 5.74) is 0. The number of thioether (sulfide) groups is 1. The van der Waals surface area contributed by atoms with Gasteiger partial charge < -0.3 is 0 Å². The van der Waals surface area contributed by atoms with E-state index >= 15 is 0 Å². The number of hydrogen-bond acceptors (Lipinski definition) is 1. The molecule has 0 aliphatic heterocycles. The minimum atomic E-state index is -0.825. The van der Waals surface area contributed by atoms with Crippen molar-refractivity contribution in [2.24, 2.45) is 0 Å². The second-order valence-corrected chi connectivity index (χ2v) is 2.42. The van der Waals surface area contributed by atoms with Crippen molar-refractivity contribution in [3.05, 3.63) is 36.1 Å². The number of hydrogen-bond donors (Lipinski definition) is 0. The smallest absolute Gasteiger partial charge is 0.172 e. The Morgan fingerprint density at radius 1 is 1.30 bits per heavy atom. The maximum Gasteiger partial charge on any atom is 0.172 e. The van der Waals surface area contributed by atoms with Gasteiger partial charge in [0.25, 0.3) is 0 Å². The predicted molar refractivity (Wildman–Crippen MR) is 37.6 cm³/mol. The fourth-order valence-electron chi connectivity index (χ4n) is 0.595. The van der Waals surface area contributed by atoms with E-state index in [2.05, 4.69) is 6.26 Å². The van der Waals surface area contributed by atoms with Gasteiger partial charge in [0.2, 0.25) is 0 Å². The first-order valence-corrected chi connectivity index (χ1v) is 3.60. The standard InChI is InChI=1S/C7H5F2S/c1-10-6-4-2-3-5(8)7(6)9/h2-4H,1H2. The molecule has 1 rings (SSSR count). The van der Waals surface area contributed by atoms with E-state index in [1.807, 2.05) is 0 Å². The van der Waals surface area contributed by atoms with Crippen LogP contribution in [0.3, 0.4) is 0 Å². The lowest BCUT2D eigenvalue weighted by Crippen LogP contribution is -1.84. The summed E-state index contributed by atoms with van der Waals surface area (Å²) in [6.07, 6.45) is 3.37. The highest BCUT2D eigenvalue weighted by Gasteiger charge is 2.04. The third-order valence-corrected chi connectivity index (χ3v) is 1.70. The van der Waals surface area contributed by atoms with Gasteiger partial charge in [-0.3, -0.25) is 0 Å². The zero-order valence-corrected chi connectivity index (χ0v) is 5.92. The number of benzene rings is 1. The van der Waals surface area contributed by atoms with Crippen LogP contribution in [-0.2, 0) is 0 Å². The molecule has 0 nitrogen and oxygen atoms in total. The van der Waals surface area contributed by atoms with Gasteiger partial charge in [-0.25, -0.2) is 8.78 Å². The Bertz CT molecular complexity index is 235. The fourth-order valence-corrected chi connectivity index (χ4v) is 0.995. The molecule has 3 heteroatoms. The molecule has 1 aromatic carbocycles. The van der Waals surface area contributed by atoms with Gasteiger partial charge >= 0.3 is 0 Å². The third-order valence-electron chi connectivity index (χ3n) is 1.07. The van der Waals surface area contributed by atoms with Crippen molar-refractivity contribution in [2.75, 3.05) is 0 Å². The van der Waals surface area contributed by atoms with Gasteiger partial charge in [0.15, 0.2) is 11.6 Å². The van der Waals surface area contributed by atoms with Crippen molar-refractivity contribution in [2.45, 2.75) is 4.90 Å². The van der Waals surface area contributed by atoms with Crippen molar-refractivity contribution in [3.8, 4) is 0 Å². The van der Waals surface area contributed by atoms with Crippen molar-refractivity contribution in [3.63, 3.8) is 0 Å². The number of halogens is 2. The van der Waals surface area contributed by atoms with E-state index in [4.69, 9.17) is 0 Å². The minimum absolute atomic E-state index is 0.236. The molecule has 0 saturated carbocycles. The summed E-state index contributed by atoms with van der Waals surface area (Å²) in [6, 6.07) is 4.01. The van der Waals surface area contributed by atoms with E-state index in [9.17, 15) is 8.78 Å². The molecule has 0 N–H and O–H groups in total. The topological polar surface area (TPSA) is 0 Å². The van der Waals surface area contributed by atoms with Crippen LogP contribution in [-0.4, -0.2) is 0 Å². The molecule has 0 bridgehead atoms. The van der Waals surface area contributed by atoms with Crippen molar-refractivity contribution in [1.82, 2.24) is 0 Å². The highest BCUT2D eigenvalue weighted by Crippen LogP contribution is 2.21. The van der Waals surface area contributed by atoms with E-state index < -0.39 is 11.6 Å². The molecule has 1 aromatic rings. The third kappa shape index (κ3) is 1.29. The molecule has 0 saturated heterocycles. The van der Waals surface area contributed by atoms with E-state index in [-0.39, 0.29) is 4.90 Å². The van der Waals surface area contributed by atoms with Gasteiger partial charge in [0.1, 0.15) is 0 Å². The van der Waals surface area contributed by atoms with Crippen LogP contribution in [0.1, 0.15) is 0 Å². The monoisotopic (exact) mass is 159 g/mol. The Hall–Kier alpha value is -0.570. The summed E-state index contributed by atoms with van der Waals surface area (Å²) in [5.74, 6) is -1.64. The van der Waals surface area contributed by atoms with E-state index in [0.29, 0.717) is 0 Å². The Morgan fingerprint density at radius 3 is 2.50 bits per heavy atom. The lowest BCUT2D eigenvalue weighted by Gasteiger charge is -1.96. The zero-order chi connectivity index (χ0) is 7.56. The summed E-state index contributed by atoms with van der Waals surface area (Å²) in [6.45, 7) is 0. The summed E-state index contributed by atoms with van der Waals surface area (Å²) >= 11 is 0.945. The van der Waals surface area contributed by atoms with Gasteiger partial charge in [0, 0.05) is 11.2 Å². The highest BCUT2D eigenvalue weighted by atomic mass is 32.2. The first kappa shape index (κ1) is 7.54. The first-order valence-electron chi connectivity index (χ1n) is 2.61. The van der Waals surface area contributed by atoms with Gasteiger partial charge in [-0.15, -0.1) is 11.8 Å². The summed E-state index contributed by atoms with van der Waals surface area (Å²) in [5, 5.41) is 0. The lowest BCUT2D eigenvalue weighted by atomic mass is 10.3. The second kappa shape index (κ2) is 3.01. The molecule has 1 radical (unpaired) electrons. The van der Waals surface area contributed by atoms with E-state index in [0.717, 1.165) is 17.8 Å². The van der Waals surface area contributed by atoms with Crippen LogP contribution in [0.2, 0.25) is 0 Å². The predicted octanol–water partition coefficient (Wildman–Crippen LogP) is 2.85. The van der Waals surface area contributed by atoms with Gasteiger partial charge in [-0.2, -0.15) is 0 Å². The molecule has 0 aromatic heterocycles. The number of rotatable bonds is 1. The van der Waals surface area contributed by atoms with Crippen LogP contribution in [0.5, 0.6) is 0 Å². The molecule has 0 atom stereocenters. The molecule has 0 unspecified atom stereocenters. The Labute approximate surface area is 62.3 Å². The van der Waals surface area contributed by atoms with Gasteiger partial charge in [-0.05, 0) is 12.1 Å². The Kier molecular flexibility index (Phi) is 2.27. The normalized spacial score (nSPS) is 9.90. The van der Waals surface area contributed by atoms with Crippen LogP contribution in [0.15, 0.2) is 23.1 Å². The van der Waals surface area contributed by atoms with Crippen molar-refractivity contribution >= 4 is 11.8 Å². The molecule has 0 fully saturated rings. The van der Waals surface area contributed by atoms with Crippen LogP contribution < -0.4 is 0 Å². The van der Waals surface area contributed by atoms with Gasteiger partial charge in [0.05, 0.1) is 0 Å². The van der Waals surface area contributed by atoms with Crippen LogP contribution in [0, 0.1) is 17.9 Å². The zero-order valence-electron chi connectivity index (χ0n) is 5.10. The molecule has 10 heavy (non-hydrogen) atoms. The van der Waals surface area contributed by atoms with E-state index in [1.54, 1.807) is 0 Å². The van der Waals surface area contributed by atoms with E-state index in [1.165, 1.54) is 12.1 Å². The molecule has 0 spiro atoms. The summed E-state index contributed by atoms with van der Waals surface area (Å²) in [4.78, 5) is 0.236. The minimum Gasteiger partial charge on any atom is -0.204 e. The second-order valence-electron chi connectivity index (χ2n) is 1.70. The van der Waals surface area contributed by atoms with Crippen molar-refractivity contribution < 1.29 is 8.78 Å². The maximum absolute atomic E-state index is 12.6. The van der Waals surface area contributed by atoms with Gasteiger partial charge in [-0.1, -0.05) is 6.07 Å². The summed E-state index contributed by atoms with van der Waals surface area (Å²) in [7, 11) is 0. The molecule has 0 aliphatic rings. The van der Waals surface area contributed by atoms with Crippen LogP contribution in [0.25, 0.3) is 0 Å². The molecular weight excluding hydrogens is 154 g/mol. The van der Waals surface area contributed by atoms with Crippen LogP contribution >= 0.6 is 11.8 Å². The summed E-state index contributed by atoms with van der Waals surface area (Å²) < 4.78 is 24.9. The molecule has 0 aliphatic carbocycles. The molecule has 0 amide bonds. The molecule has 0 heterocycles. The average Bonchev–Trinajstić information content (AvgIpc) is 1.95. The van der Waals surface area contributed by atoms with Crippen molar-refractivity contribution in [1.29, 1.82) is 0 Å². The Balaban J connectivity index is 3.14. The van der Waals surface area contributed by atoms with Crippen LogP contribution in [0.4, 0.5) is 8.78 Å². The average molecular weight is 159 g/mol. The SMILES string of the molecule is [CH2]Sc1cccc(F)c1F. The highest BCUT2D eigenvalue weighted by molar-refractivity contribution is 8.00. The quantitative estimate of drug-likeness (QED) is 0.568. The fraction of sp³-hybridized carbons (Fsp3) is 0.